The van der Waals surface area contributed by atoms with Crippen LogP contribution in [0, 0.1) is 0 Å². The van der Waals surface area contributed by atoms with E-state index in [2.05, 4.69) is 34.9 Å². The summed E-state index contributed by atoms with van der Waals surface area (Å²) in [5, 5.41) is 0. The zero-order valence-electron chi connectivity index (χ0n) is 14.4. The third-order valence-electron chi connectivity index (χ3n) is 5.07. The lowest BCUT2D eigenvalue weighted by Crippen LogP contribution is -2.26. The van der Waals surface area contributed by atoms with Crippen LogP contribution in [0.1, 0.15) is 23.1 Å². The summed E-state index contributed by atoms with van der Waals surface area (Å²) in [6.45, 7) is 0. The second-order valence-corrected chi connectivity index (χ2v) is 6.71. The quantitative estimate of drug-likeness (QED) is 0.489. The SMILES string of the molecule is C1=C2C(=N[C@@H](c3ccccc3)n3c2nc2ccccc23)Oc2ccccc21. The Hall–Kier alpha value is -3.66. The first-order chi connectivity index (χ1) is 13.4. The number of para-hydroxylation sites is 3. The van der Waals surface area contributed by atoms with E-state index < -0.39 is 0 Å². The van der Waals surface area contributed by atoms with Gasteiger partial charge in [0.1, 0.15) is 11.6 Å². The number of rotatable bonds is 1. The monoisotopic (exact) mass is 349 g/mol. The van der Waals surface area contributed by atoms with Crippen molar-refractivity contribution in [2.45, 2.75) is 6.17 Å². The van der Waals surface area contributed by atoms with E-state index in [0.717, 1.165) is 39.3 Å². The summed E-state index contributed by atoms with van der Waals surface area (Å²) < 4.78 is 8.37. The van der Waals surface area contributed by atoms with Gasteiger partial charge in [0.05, 0.1) is 16.6 Å². The van der Waals surface area contributed by atoms with Crippen LogP contribution in [0.15, 0.2) is 83.9 Å². The molecule has 1 aromatic heterocycles. The lowest BCUT2D eigenvalue weighted by molar-refractivity contribution is 0.516. The first kappa shape index (κ1) is 14.5. The number of imidazole rings is 1. The number of ether oxygens (including phenoxy) is 1. The summed E-state index contributed by atoms with van der Waals surface area (Å²) in [6.07, 6.45) is 1.92. The van der Waals surface area contributed by atoms with Gasteiger partial charge < -0.3 is 4.74 Å². The first-order valence-corrected chi connectivity index (χ1v) is 8.97. The molecule has 1 atom stereocenters. The first-order valence-electron chi connectivity index (χ1n) is 8.97. The van der Waals surface area contributed by atoms with E-state index in [4.69, 9.17) is 14.7 Å². The van der Waals surface area contributed by atoms with Gasteiger partial charge in [-0.1, -0.05) is 60.7 Å². The smallest absolute Gasteiger partial charge is 0.228 e. The Balaban J connectivity index is 1.67. The van der Waals surface area contributed by atoms with Crippen molar-refractivity contribution in [2.75, 3.05) is 0 Å². The third-order valence-corrected chi connectivity index (χ3v) is 5.07. The van der Waals surface area contributed by atoms with E-state index in [0.29, 0.717) is 5.90 Å². The van der Waals surface area contributed by atoms with Gasteiger partial charge in [-0.2, -0.15) is 0 Å². The maximum atomic E-state index is 6.17. The number of fused-ring (bicyclic) bond motifs is 6. The fraction of sp³-hybridized carbons (Fsp3) is 0.0435. The van der Waals surface area contributed by atoms with Gasteiger partial charge in [-0.05, 0) is 29.8 Å². The lowest BCUT2D eigenvalue weighted by atomic mass is 10.0. The van der Waals surface area contributed by atoms with Crippen molar-refractivity contribution in [3.05, 3.63) is 95.8 Å². The molecular weight excluding hydrogens is 334 g/mol. The van der Waals surface area contributed by atoms with Gasteiger partial charge in [0.25, 0.3) is 0 Å². The van der Waals surface area contributed by atoms with Gasteiger partial charge in [0.2, 0.25) is 5.90 Å². The summed E-state index contributed by atoms with van der Waals surface area (Å²) in [5.41, 5.74) is 5.12. The van der Waals surface area contributed by atoms with Crippen LogP contribution in [0.25, 0.3) is 22.7 Å². The number of hydrogen-bond acceptors (Lipinski definition) is 3. The van der Waals surface area contributed by atoms with E-state index in [-0.39, 0.29) is 6.17 Å². The van der Waals surface area contributed by atoms with Crippen molar-refractivity contribution in [1.29, 1.82) is 0 Å². The highest BCUT2D eigenvalue weighted by Crippen LogP contribution is 2.39. The Morgan fingerprint density at radius 3 is 2.52 bits per heavy atom. The van der Waals surface area contributed by atoms with Crippen LogP contribution in [0.2, 0.25) is 0 Å². The van der Waals surface area contributed by atoms with Gasteiger partial charge in [0.15, 0.2) is 6.17 Å². The molecule has 27 heavy (non-hydrogen) atoms. The van der Waals surface area contributed by atoms with Gasteiger partial charge in [-0.15, -0.1) is 0 Å². The van der Waals surface area contributed by atoms with Crippen molar-refractivity contribution >= 4 is 28.6 Å². The van der Waals surface area contributed by atoms with Gasteiger partial charge >= 0.3 is 0 Å². The Labute approximate surface area is 156 Å². The van der Waals surface area contributed by atoms with E-state index >= 15 is 0 Å². The van der Waals surface area contributed by atoms with Crippen LogP contribution in [-0.4, -0.2) is 15.4 Å². The van der Waals surface area contributed by atoms with Crippen LogP contribution in [0.4, 0.5) is 0 Å². The average molecular weight is 349 g/mol. The minimum Gasteiger partial charge on any atom is -0.438 e. The van der Waals surface area contributed by atoms with E-state index in [9.17, 15) is 0 Å². The van der Waals surface area contributed by atoms with Crippen LogP contribution in [-0.2, 0) is 0 Å². The Kier molecular flexibility index (Phi) is 2.91. The lowest BCUT2D eigenvalue weighted by Gasteiger charge is -2.28. The number of aliphatic imine (C=N–C) groups is 1. The van der Waals surface area contributed by atoms with Crippen LogP contribution in [0.5, 0.6) is 5.75 Å². The van der Waals surface area contributed by atoms with Crippen LogP contribution in [0.3, 0.4) is 0 Å². The third kappa shape index (κ3) is 2.10. The molecule has 4 heteroatoms. The molecule has 4 aromatic rings. The van der Waals surface area contributed by atoms with E-state index in [1.54, 1.807) is 0 Å². The molecule has 0 amide bonds. The highest BCUT2D eigenvalue weighted by atomic mass is 16.5. The Morgan fingerprint density at radius 1 is 0.815 bits per heavy atom. The predicted molar refractivity (Wildman–Crippen MR) is 107 cm³/mol. The minimum absolute atomic E-state index is 0.203. The second-order valence-electron chi connectivity index (χ2n) is 6.71. The molecule has 6 rings (SSSR count). The summed E-state index contributed by atoms with van der Waals surface area (Å²) in [4.78, 5) is 9.91. The molecule has 3 aromatic carbocycles. The Bertz CT molecular complexity index is 1250. The molecule has 0 saturated carbocycles. The summed E-state index contributed by atoms with van der Waals surface area (Å²) in [5.74, 6) is 2.35. The fourth-order valence-corrected chi connectivity index (χ4v) is 3.82. The van der Waals surface area contributed by atoms with Crippen molar-refractivity contribution < 1.29 is 4.74 Å². The molecule has 0 spiro atoms. The molecule has 4 nitrogen and oxygen atoms in total. The van der Waals surface area contributed by atoms with Gasteiger partial charge in [-0.3, -0.25) is 4.57 Å². The molecule has 0 bridgehead atoms. The Morgan fingerprint density at radius 2 is 1.59 bits per heavy atom. The molecule has 0 aliphatic carbocycles. The summed E-state index contributed by atoms with van der Waals surface area (Å²) >= 11 is 0. The zero-order valence-corrected chi connectivity index (χ0v) is 14.4. The van der Waals surface area contributed by atoms with Crippen molar-refractivity contribution in [3.8, 4) is 5.75 Å². The number of nitrogens with zero attached hydrogens (tertiary/aromatic N) is 3. The number of hydrogen-bond donors (Lipinski definition) is 0. The highest BCUT2D eigenvalue weighted by molar-refractivity contribution is 6.26. The second kappa shape index (κ2) is 5.42. The largest absolute Gasteiger partial charge is 0.438 e. The number of benzene rings is 3. The summed E-state index contributed by atoms with van der Waals surface area (Å²) in [6, 6.07) is 26.5. The van der Waals surface area contributed by atoms with E-state index in [1.807, 2.05) is 54.6 Å². The van der Waals surface area contributed by atoms with Crippen molar-refractivity contribution in [2.24, 2.45) is 4.99 Å². The number of aromatic nitrogens is 2. The molecule has 0 fully saturated rings. The molecule has 128 valence electrons. The normalized spacial score (nSPS) is 17.3. The highest BCUT2D eigenvalue weighted by Gasteiger charge is 2.33. The van der Waals surface area contributed by atoms with Crippen LogP contribution >= 0.6 is 0 Å². The van der Waals surface area contributed by atoms with Gasteiger partial charge in [-0.25, -0.2) is 9.98 Å². The topological polar surface area (TPSA) is 39.4 Å². The molecule has 0 radical (unpaired) electrons. The standard InChI is InChI=1S/C23H15N3O/c1-2-8-15(9-3-1)21-25-23-17(14-16-10-4-7-13-20(16)27-23)22-24-18-11-5-6-12-19(18)26(21)22/h1-14,21H/t21-/m1/s1. The molecular formula is C23H15N3O. The maximum absolute atomic E-state index is 6.17. The summed E-state index contributed by atoms with van der Waals surface area (Å²) in [7, 11) is 0. The molecule has 2 aliphatic heterocycles. The fourth-order valence-electron chi connectivity index (χ4n) is 3.82. The van der Waals surface area contributed by atoms with Crippen molar-refractivity contribution in [3.63, 3.8) is 0 Å². The zero-order chi connectivity index (χ0) is 17.8. The molecule has 0 saturated heterocycles. The molecule has 0 N–H and O–H groups in total. The minimum atomic E-state index is -0.203. The van der Waals surface area contributed by atoms with Gasteiger partial charge in [0, 0.05) is 5.56 Å². The average Bonchev–Trinajstić information content (AvgIpc) is 3.12. The predicted octanol–water partition coefficient (Wildman–Crippen LogP) is 4.93. The maximum Gasteiger partial charge on any atom is 0.228 e. The molecule has 0 unspecified atom stereocenters. The molecule has 3 heterocycles. The van der Waals surface area contributed by atoms with Crippen molar-refractivity contribution in [1.82, 2.24) is 9.55 Å². The molecule has 2 aliphatic rings. The van der Waals surface area contributed by atoms with E-state index in [1.165, 1.54) is 0 Å². The van der Waals surface area contributed by atoms with Crippen LogP contribution < -0.4 is 4.74 Å².